The van der Waals surface area contributed by atoms with Crippen molar-refractivity contribution in [1.29, 1.82) is 0 Å². The predicted octanol–water partition coefficient (Wildman–Crippen LogP) is 3.54. The smallest absolute Gasteiger partial charge is 0.0247 e. The van der Waals surface area contributed by atoms with Crippen LogP contribution in [0.2, 0.25) is 0 Å². The molecule has 1 rings (SSSR count). The molecule has 1 saturated carbocycles. The number of hydrogen-bond acceptors (Lipinski definition) is 2. The molecule has 94 valence electrons. The van der Waals surface area contributed by atoms with Crippen molar-refractivity contribution in [2.45, 2.75) is 70.8 Å². The fraction of sp³-hybridized carbons (Fsp3) is 0.857. The molecule has 2 heteroatoms. The minimum Gasteiger partial charge on any atom is -0.271 e. The van der Waals surface area contributed by atoms with Crippen molar-refractivity contribution < 1.29 is 0 Å². The van der Waals surface area contributed by atoms with Gasteiger partial charge in [-0.2, -0.15) is 0 Å². The first-order valence-corrected chi connectivity index (χ1v) is 6.89. The minimum atomic E-state index is 0.439. The molecule has 0 amide bonds. The van der Waals surface area contributed by atoms with E-state index < -0.39 is 0 Å². The summed E-state index contributed by atoms with van der Waals surface area (Å²) in [6.07, 6.45) is 11.9. The maximum atomic E-state index is 5.60. The van der Waals surface area contributed by atoms with E-state index in [9.17, 15) is 0 Å². The summed E-state index contributed by atoms with van der Waals surface area (Å²) in [5.74, 6) is 6.56. The van der Waals surface area contributed by atoms with Crippen LogP contribution in [0.4, 0.5) is 0 Å². The Morgan fingerprint density at radius 3 is 2.62 bits per heavy atom. The van der Waals surface area contributed by atoms with Crippen LogP contribution < -0.4 is 11.3 Å². The third kappa shape index (κ3) is 5.13. The van der Waals surface area contributed by atoms with Gasteiger partial charge in [-0.15, -0.1) is 0 Å². The fourth-order valence-electron chi connectivity index (χ4n) is 2.65. The highest BCUT2D eigenvalue weighted by atomic mass is 15.2. The SMILES string of the molecule is C=C(CC)CC(CCC1CCCCC1)NN. The second-order valence-electron chi connectivity index (χ2n) is 5.25. The normalized spacial score (nSPS) is 19.6. The topological polar surface area (TPSA) is 38.0 Å². The number of hydrogen-bond donors (Lipinski definition) is 2. The van der Waals surface area contributed by atoms with Crippen molar-refractivity contribution in [3.05, 3.63) is 12.2 Å². The summed E-state index contributed by atoms with van der Waals surface area (Å²) in [7, 11) is 0. The van der Waals surface area contributed by atoms with E-state index in [0.717, 1.165) is 18.8 Å². The van der Waals surface area contributed by atoms with Crippen LogP contribution in [0.1, 0.15) is 64.7 Å². The standard InChI is InChI=1S/C14H28N2/c1-3-12(2)11-14(16-15)10-9-13-7-5-4-6-8-13/h13-14,16H,2-11,15H2,1H3. The maximum Gasteiger partial charge on any atom is 0.0247 e. The van der Waals surface area contributed by atoms with Gasteiger partial charge in [0.05, 0.1) is 0 Å². The van der Waals surface area contributed by atoms with Gasteiger partial charge in [0, 0.05) is 6.04 Å². The lowest BCUT2D eigenvalue weighted by atomic mass is 9.84. The Labute approximate surface area is 101 Å². The Kier molecular flexibility index (Phi) is 6.74. The monoisotopic (exact) mass is 224 g/mol. The first kappa shape index (κ1) is 13.7. The van der Waals surface area contributed by atoms with Gasteiger partial charge in [0.2, 0.25) is 0 Å². The van der Waals surface area contributed by atoms with E-state index in [1.54, 1.807) is 0 Å². The molecule has 0 aromatic carbocycles. The van der Waals surface area contributed by atoms with Crippen LogP contribution in [0, 0.1) is 5.92 Å². The largest absolute Gasteiger partial charge is 0.271 e. The Hall–Kier alpha value is -0.340. The van der Waals surface area contributed by atoms with Crippen molar-refractivity contribution in [2.24, 2.45) is 11.8 Å². The van der Waals surface area contributed by atoms with Crippen molar-refractivity contribution in [3.63, 3.8) is 0 Å². The molecule has 1 aliphatic carbocycles. The molecule has 0 bridgehead atoms. The van der Waals surface area contributed by atoms with Gasteiger partial charge in [-0.3, -0.25) is 11.3 Å². The minimum absolute atomic E-state index is 0.439. The molecule has 0 saturated heterocycles. The van der Waals surface area contributed by atoms with Crippen molar-refractivity contribution in [2.75, 3.05) is 0 Å². The summed E-state index contributed by atoms with van der Waals surface area (Å²) < 4.78 is 0. The van der Waals surface area contributed by atoms with Crippen LogP contribution in [0.25, 0.3) is 0 Å². The second kappa shape index (κ2) is 7.86. The van der Waals surface area contributed by atoms with Gasteiger partial charge in [0.15, 0.2) is 0 Å². The van der Waals surface area contributed by atoms with Crippen molar-refractivity contribution in [1.82, 2.24) is 5.43 Å². The zero-order valence-corrected chi connectivity index (χ0v) is 10.8. The lowest BCUT2D eigenvalue weighted by Gasteiger charge is -2.24. The van der Waals surface area contributed by atoms with Gasteiger partial charge in [0.1, 0.15) is 0 Å². The van der Waals surface area contributed by atoms with E-state index in [-0.39, 0.29) is 0 Å². The molecule has 0 aromatic heterocycles. The lowest BCUT2D eigenvalue weighted by molar-refractivity contribution is 0.312. The van der Waals surface area contributed by atoms with Crippen molar-refractivity contribution in [3.8, 4) is 0 Å². The van der Waals surface area contributed by atoms with Gasteiger partial charge in [-0.1, -0.05) is 51.2 Å². The molecule has 0 spiro atoms. The van der Waals surface area contributed by atoms with E-state index in [1.807, 2.05) is 0 Å². The van der Waals surface area contributed by atoms with Crippen molar-refractivity contribution >= 4 is 0 Å². The van der Waals surface area contributed by atoms with E-state index >= 15 is 0 Å². The van der Waals surface area contributed by atoms with Crippen LogP contribution in [0.5, 0.6) is 0 Å². The molecule has 3 N–H and O–H groups in total. The zero-order valence-electron chi connectivity index (χ0n) is 10.8. The summed E-state index contributed by atoms with van der Waals surface area (Å²) in [6.45, 7) is 6.22. The van der Waals surface area contributed by atoms with Crippen LogP contribution >= 0.6 is 0 Å². The van der Waals surface area contributed by atoms with Gasteiger partial charge in [-0.05, 0) is 31.6 Å². The number of rotatable bonds is 7. The molecular weight excluding hydrogens is 196 g/mol. The Morgan fingerprint density at radius 2 is 2.06 bits per heavy atom. The number of hydrazine groups is 1. The highest BCUT2D eigenvalue weighted by Gasteiger charge is 2.15. The fourth-order valence-corrected chi connectivity index (χ4v) is 2.65. The molecule has 0 radical (unpaired) electrons. The molecule has 0 heterocycles. The summed E-state index contributed by atoms with van der Waals surface area (Å²) in [5.41, 5.74) is 4.26. The molecule has 1 aliphatic rings. The Bertz CT molecular complexity index is 195. The van der Waals surface area contributed by atoms with E-state index in [4.69, 9.17) is 5.84 Å². The Balaban J connectivity index is 2.19. The summed E-state index contributed by atoms with van der Waals surface area (Å²) >= 11 is 0. The summed E-state index contributed by atoms with van der Waals surface area (Å²) in [6, 6.07) is 0.439. The second-order valence-corrected chi connectivity index (χ2v) is 5.25. The average molecular weight is 224 g/mol. The summed E-state index contributed by atoms with van der Waals surface area (Å²) in [5, 5.41) is 0. The lowest BCUT2D eigenvalue weighted by Crippen LogP contribution is -2.35. The first-order chi connectivity index (χ1) is 7.76. The molecule has 16 heavy (non-hydrogen) atoms. The van der Waals surface area contributed by atoms with Gasteiger partial charge in [-0.25, -0.2) is 0 Å². The number of nitrogens with two attached hydrogens (primary N) is 1. The Morgan fingerprint density at radius 1 is 1.38 bits per heavy atom. The highest BCUT2D eigenvalue weighted by molar-refractivity contribution is 4.96. The van der Waals surface area contributed by atoms with Crippen LogP contribution in [-0.2, 0) is 0 Å². The van der Waals surface area contributed by atoms with Gasteiger partial charge >= 0.3 is 0 Å². The third-order valence-corrected chi connectivity index (χ3v) is 3.92. The first-order valence-electron chi connectivity index (χ1n) is 6.89. The molecule has 2 nitrogen and oxygen atoms in total. The molecular formula is C14H28N2. The molecule has 1 unspecified atom stereocenters. The van der Waals surface area contributed by atoms with Gasteiger partial charge in [0.25, 0.3) is 0 Å². The van der Waals surface area contributed by atoms with Crippen LogP contribution in [0.15, 0.2) is 12.2 Å². The highest BCUT2D eigenvalue weighted by Crippen LogP contribution is 2.28. The quantitative estimate of drug-likeness (QED) is 0.394. The predicted molar refractivity (Wildman–Crippen MR) is 71.0 cm³/mol. The van der Waals surface area contributed by atoms with E-state index in [0.29, 0.717) is 6.04 Å². The molecule has 1 atom stereocenters. The summed E-state index contributed by atoms with van der Waals surface area (Å²) in [4.78, 5) is 0. The molecule has 0 aliphatic heterocycles. The van der Waals surface area contributed by atoms with E-state index in [1.165, 1.54) is 50.5 Å². The maximum absolute atomic E-state index is 5.60. The third-order valence-electron chi connectivity index (χ3n) is 3.92. The van der Waals surface area contributed by atoms with Crippen LogP contribution in [0.3, 0.4) is 0 Å². The average Bonchev–Trinajstić information content (AvgIpc) is 2.35. The number of nitrogens with one attached hydrogen (secondary N) is 1. The van der Waals surface area contributed by atoms with E-state index in [2.05, 4.69) is 18.9 Å². The van der Waals surface area contributed by atoms with Crippen LogP contribution in [-0.4, -0.2) is 6.04 Å². The van der Waals surface area contributed by atoms with Gasteiger partial charge < -0.3 is 0 Å². The molecule has 1 fully saturated rings. The zero-order chi connectivity index (χ0) is 11.8. The molecule has 0 aromatic rings.